The van der Waals surface area contributed by atoms with Crippen molar-refractivity contribution in [3.8, 4) is 0 Å². The molecule has 4 nitrogen and oxygen atoms in total. The standard InChI is InChI=1S/C14H16F3NO3/c15-12-6-10(1-2-14(20)21)5-11(7-12)8-18(3-4-19)9-13(16)17/h1-2,5-7,13,19H,3-4,8-9H2,(H,20,21)/b2-1+. The molecule has 0 atom stereocenters. The maximum absolute atomic E-state index is 13.5. The lowest BCUT2D eigenvalue weighted by atomic mass is 10.1. The number of aliphatic hydroxyl groups excluding tert-OH is 1. The van der Waals surface area contributed by atoms with Gasteiger partial charge in [-0.2, -0.15) is 0 Å². The van der Waals surface area contributed by atoms with E-state index in [1.54, 1.807) is 0 Å². The van der Waals surface area contributed by atoms with E-state index in [4.69, 9.17) is 10.2 Å². The van der Waals surface area contributed by atoms with Crippen molar-refractivity contribution in [2.24, 2.45) is 0 Å². The van der Waals surface area contributed by atoms with E-state index in [1.807, 2.05) is 0 Å². The number of alkyl halides is 2. The first kappa shape index (κ1) is 17.2. The van der Waals surface area contributed by atoms with E-state index >= 15 is 0 Å². The molecule has 0 aliphatic rings. The van der Waals surface area contributed by atoms with Crippen LogP contribution in [-0.4, -0.2) is 47.2 Å². The first-order chi connectivity index (χ1) is 9.90. The molecule has 0 saturated heterocycles. The summed E-state index contributed by atoms with van der Waals surface area (Å²) in [6, 6.07) is 3.85. The molecule has 0 fully saturated rings. The summed E-state index contributed by atoms with van der Waals surface area (Å²) in [6.07, 6.45) is -0.474. The van der Waals surface area contributed by atoms with Crippen LogP contribution < -0.4 is 0 Å². The number of halogens is 3. The largest absolute Gasteiger partial charge is 0.478 e. The fourth-order valence-electron chi connectivity index (χ4n) is 1.86. The summed E-state index contributed by atoms with van der Waals surface area (Å²) in [6.45, 7) is -0.733. The third kappa shape index (κ3) is 6.92. The molecule has 0 unspecified atom stereocenters. The van der Waals surface area contributed by atoms with Crippen LogP contribution in [0.15, 0.2) is 24.3 Å². The third-order valence-corrected chi connectivity index (χ3v) is 2.62. The zero-order chi connectivity index (χ0) is 15.8. The number of benzene rings is 1. The molecule has 116 valence electrons. The molecule has 1 aromatic carbocycles. The van der Waals surface area contributed by atoms with Gasteiger partial charge >= 0.3 is 5.97 Å². The van der Waals surface area contributed by atoms with Gasteiger partial charge in [0.1, 0.15) is 5.82 Å². The maximum atomic E-state index is 13.5. The molecule has 0 amide bonds. The molecule has 0 aromatic heterocycles. The fourth-order valence-corrected chi connectivity index (χ4v) is 1.86. The van der Waals surface area contributed by atoms with Crippen LogP contribution in [0.2, 0.25) is 0 Å². The van der Waals surface area contributed by atoms with Crippen molar-refractivity contribution in [3.05, 3.63) is 41.2 Å². The second kappa shape index (κ2) is 8.43. The first-order valence-electron chi connectivity index (χ1n) is 6.22. The molecule has 1 rings (SSSR count). The number of hydrogen-bond acceptors (Lipinski definition) is 3. The zero-order valence-electron chi connectivity index (χ0n) is 11.2. The quantitative estimate of drug-likeness (QED) is 0.721. The second-order valence-electron chi connectivity index (χ2n) is 4.41. The van der Waals surface area contributed by atoms with Crippen molar-refractivity contribution in [3.63, 3.8) is 0 Å². The summed E-state index contributed by atoms with van der Waals surface area (Å²) in [5.74, 6) is -1.75. The van der Waals surface area contributed by atoms with E-state index in [-0.39, 0.29) is 19.7 Å². The monoisotopic (exact) mass is 303 g/mol. The highest BCUT2D eigenvalue weighted by molar-refractivity contribution is 5.85. The third-order valence-electron chi connectivity index (χ3n) is 2.62. The Morgan fingerprint density at radius 2 is 2.05 bits per heavy atom. The van der Waals surface area contributed by atoms with E-state index in [1.165, 1.54) is 23.1 Å². The van der Waals surface area contributed by atoms with Gasteiger partial charge in [0.25, 0.3) is 6.43 Å². The van der Waals surface area contributed by atoms with Gasteiger partial charge in [-0.05, 0) is 29.3 Å². The Morgan fingerprint density at radius 1 is 1.33 bits per heavy atom. The van der Waals surface area contributed by atoms with Gasteiger partial charge in [0.05, 0.1) is 13.2 Å². The Labute approximate surface area is 120 Å². The molecule has 0 bridgehead atoms. The molecule has 0 aliphatic heterocycles. The van der Waals surface area contributed by atoms with Crippen LogP contribution in [0, 0.1) is 5.82 Å². The van der Waals surface area contributed by atoms with Crippen molar-refractivity contribution in [2.75, 3.05) is 19.7 Å². The first-order valence-corrected chi connectivity index (χ1v) is 6.22. The van der Waals surface area contributed by atoms with Crippen LogP contribution in [-0.2, 0) is 11.3 Å². The number of carboxylic acid groups (broad SMARTS) is 1. The van der Waals surface area contributed by atoms with Crippen molar-refractivity contribution in [1.82, 2.24) is 4.90 Å². The Hall–Kier alpha value is -1.86. The number of carboxylic acids is 1. The highest BCUT2D eigenvalue weighted by Gasteiger charge is 2.12. The minimum absolute atomic E-state index is 0.0383. The van der Waals surface area contributed by atoms with Gasteiger partial charge in [-0.1, -0.05) is 6.07 Å². The van der Waals surface area contributed by atoms with Crippen LogP contribution in [0.3, 0.4) is 0 Å². The average molecular weight is 303 g/mol. The van der Waals surface area contributed by atoms with Crippen molar-refractivity contribution in [1.29, 1.82) is 0 Å². The summed E-state index contributed by atoms with van der Waals surface area (Å²) in [4.78, 5) is 11.7. The predicted octanol–water partition coefficient (Wildman–Crippen LogP) is 1.98. The summed E-state index contributed by atoms with van der Waals surface area (Å²) in [5, 5.41) is 17.4. The lowest BCUT2D eigenvalue weighted by molar-refractivity contribution is -0.131. The number of carbonyl (C=O) groups is 1. The number of aliphatic carboxylic acids is 1. The molecular weight excluding hydrogens is 287 g/mol. The molecule has 0 saturated carbocycles. The molecule has 0 heterocycles. The summed E-state index contributed by atoms with van der Waals surface area (Å²) in [7, 11) is 0. The van der Waals surface area contributed by atoms with Gasteiger partial charge in [-0.15, -0.1) is 0 Å². The van der Waals surface area contributed by atoms with Crippen LogP contribution in [0.5, 0.6) is 0 Å². The van der Waals surface area contributed by atoms with Crippen molar-refractivity contribution >= 4 is 12.0 Å². The van der Waals surface area contributed by atoms with Gasteiger partial charge in [0, 0.05) is 19.2 Å². The van der Waals surface area contributed by atoms with Gasteiger partial charge < -0.3 is 10.2 Å². The second-order valence-corrected chi connectivity index (χ2v) is 4.41. The minimum atomic E-state index is -2.56. The fraction of sp³-hybridized carbons (Fsp3) is 0.357. The van der Waals surface area contributed by atoms with E-state index in [9.17, 15) is 18.0 Å². The Bertz CT molecular complexity index is 506. The Balaban J connectivity index is 2.87. The predicted molar refractivity (Wildman–Crippen MR) is 71.4 cm³/mol. The molecule has 7 heteroatoms. The molecule has 1 aromatic rings. The minimum Gasteiger partial charge on any atom is -0.478 e. The SMILES string of the molecule is O=C(O)/C=C/c1cc(F)cc(CN(CCO)CC(F)F)c1. The maximum Gasteiger partial charge on any atom is 0.328 e. The number of aliphatic hydroxyl groups is 1. The van der Waals surface area contributed by atoms with Crippen molar-refractivity contribution < 1.29 is 28.2 Å². The summed E-state index contributed by atoms with van der Waals surface area (Å²) in [5.41, 5.74) is 0.752. The molecule has 2 N–H and O–H groups in total. The number of hydrogen-bond donors (Lipinski definition) is 2. The summed E-state index contributed by atoms with van der Waals surface area (Å²) >= 11 is 0. The topological polar surface area (TPSA) is 60.8 Å². The van der Waals surface area contributed by atoms with Crippen LogP contribution in [0.25, 0.3) is 6.08 Å². The van der Waals surface area contributed by atoms with E-state index in [2.05, 4.69) is 0 Å². The highest BCUT2D eigenvalue weighted by atomic mass is 19.3. The zero-order valence-corrected chi connectivity index (χ0v) is 11.2. The van der Waals surface area contributed by atoms with Crippen LogP contribution in [0.1, 0.15) is 11.1 Å². The number of rotatable bonds is 8. The van der Waals surface area contributed by atoms with Crippen LogP contribution in [0.4, 0.5) is 13.2 Å². The molecule has 0 aliphatic carbocycles. The normalized spacial score (nSPS) is 11.7. The smallest absolute Gasteiger partial charge is 0.328 e. The van der Waals surface area contributed by atoms with E-state index in [0.29, 0.717) is 11.1 Å². The van der Waals surface area contributed by atoms with E-state index < -0.39 is 24.8 Å². The van der Waals surface area contributed by atoms with Crippen molar-refractivity contribution in [2.45, 2.75) is 13.0 Å². The average Bonchev–Trinajstić information content (AvgIpc) is 2.35. The Kier molecular flexibility index (Phi) is 6.90. The van der Waals surface area contributed by atoms with Gasteiger partial charge in [0.2, 0.25) is 0 Å². The summed E-state index contributed by atoms with van der Waals surface area (Å²) < 4.78 is 38.3. The lowest BCUT2D eigenvalue weighted by Crippen LogP contribution is -2.31. The lowest BCUT2D eigenvalue weighted by Gasteiger charge is -2.21. The molecular formula is C14H16F3NO3. The van der Waals surface area contributed by atoms with Gasteiger partial charge in [0.15, 0.2) is 0 Å². The van der Waals surface area contributed by atoms with Gasteiger partial charge in [-0.3, -0.25) is 4.90 Å². The van der Waals surface area contributed by atoms with Gasteiger partial charge in [-0.25, -0.2) is 18.0 Å². The highest BCUT2D eigenvalue weighted by Crippen LogP contribution is 2.14. The molecule has 0 radical (unpaired) electrons. The molecule has 0 spiro atoms. The van der Waals surface area contributed by atoms with E-state index in [0.717, 1.165) is 12.1 Å². The Morgan fingerprint density at radius 3 is 2.62 bits per heavy atom. The van der Waals surface area contributed by atoms with Crippen LogP contribution >= 0.6 is 0 Å². The number of nitrogens with zero attached hydrogens (tertiary/aromatic N) is 1. The molecule has 21 heavy (non-hydrogen) atoms.